The summed E-state index contributed by atoms with van der Waals surface area (Å²) in [6, 6.07) is 4.19. The Bertz CT molecular complexity index is 557. The predicted octanol–water partition coefficient (Wildman–Crippen LogP) is 2.77. The van der Waals surface area contributed by atoms with Gasteiger partial charge in [-0.3, -0.25) is 4.90 Å². The topological polar surface area (TPSA) is 44.0 Å². The van der Waals surface area contributed by atoms with E-state index in [1.54, 1.807) is 0 Å². The Labute approximate surface area is 126 Å². The van der Waals surface area contributed by atoms with E-state index in [1.165, 1.54) is 56.4 Å². The van der Waals surface area contributed by atoms with Crippen LogP contribution in [0.1, 0.15) is 31.7 Å². The van der Waals surface area contributed by atoms with Crippen LogP contribution in [-0.4, -0.2) is 41.0 Å². The van der Waals surface area contributed by atoms with Gasteiger partial charge in [0.25, 0.3) is 0 Å². The normalized spacial score (nSPS) is 19.4. The Kier molecular flexibility index (Phi) is 4.88. The molecule has 0 aliphatic carbocycles. The number of rotatable bonds is 6. The number of piperidine rings is 1. The lowest BCUT2D eigenvalue weighted by Gasteiger charge is -2.30. The van der Waals surface area contributed by atoms with Crippen LogP contribution in [0.2, 0.25) is 0 Å². The van der Waals surface area contributed by atoms with Crippen LogP contribution in [0.3, 0.4) is 0 Å². The molecule has 2 aromatic heterocycles. The molecule has 3 heterocycles. The molecule has 2 N–H and O–H groups in total. The maximum Gasteiger partial charge on any atom is 0.137 e. The molecule has 1 aliphatic heterocycles. The molecule has 1 unspecified atom stereocenters. The van der Waals surface area contributed by atoms with E-state index in [2.05, 4.69) is 39.4 Å². The molecule has 3 rings (SSSR count). The summed E-state index contributed by atoms with van der Waals surface area (Å²) in [6.07, 6.45) is 7.87. The van der Waals surface area contributed by atoms with Gasteiger partial charge in [0.05, 0.1) is 0 Å². The van der Waals surface area contributed by atoms with E-state index in [0.29, 0.717) is 0 Å². The summed E-state index contributed by atoms with van der Waals surface area (Å²) in [5, 5.41) is 4.79. The van der Waals surface area contributed by atoms with Gasteiger partial charge in [-0.15, -0.1) is 0 Å². The molecule has 0 spiro atoms. The number of hydrogen-bond acceptors (Lipinski definition) is 3. The minimum atomic E-state index is 0.800. The van der Waals surface area contributed by atoms with E-state index in [1.807, 2.05) is 12.3 Å². The van der Waals surface area contributed by atoms with Crippen molar-refractivity contribution < 1.29 is 0 Å². The smallest absolute Gasteiger partial charge is 0.137 e. The van der Waals surface area contributed by atoms with Crippen molar-refractivity contribution in [1.29, 1.82) is 0 Å². The Morgan fingerprint density at radius 1 is 1.43 bits per heavy atom. The Morgan fingerprint density at radius 2 is 2.38 bits per heavy atom. The minimum Gasteiger partial charge on any atom is -0.346 e. The van der Waals surface area contributed by atoms with Gasteiger partial charge in [0.2, 0.25) is 0 Å². The Hall–Kier alpha value is -1.39. The first-order valence-corrected chi connectivity index (χ1v) is 8.21. The highest BCUT2D eigenvalue weighted by Crippen LogP contribution is 2.19. The second-order valence-electron chi connectivity index (χ2n) is 6.16. The first-order chi connectivity index (χ1) is 10.4. The molecule has 0 aromatic carbocycles. The molecule has 0 amide bonds. The zero-order valence-corrected chi connectivity index (χ0v) is 12.9. The molecule has 0 radical (unpaired) electrons. The third-order valence-electron chi connectivity index (χ3n) is 4.39. The SMILES string of the molecule is CCCN(Cc1c[nH]c2ncccc12)CC1CCCNC1. The lowest BCUT2D eigenvalue weighted by atomic mass is 9.98. The number of nitrogens with zero attached hydrogens (tertiary/aromatic N) is 2. The second kappa shape index (κ2) is 7.05. The zero-order valence-electron chi connectivity index (χ0n) is 12.9. The van der Waals surface area contributed by atoms with Crippen molar-refractivity contribution in [2.75, 3.05) is 26.2 Å². The molecule has 1 aliphatic rings. The predicted molar refractivity (Wildman–Crippen MR) is 87.3 cm³/mol. The highest BCUT2D eigenvalue weighted by atomic mass is 15.1. The maximum absolute atomic E-state index is 4.39. The third-order valence-corrected chi connectivity index (χ3v) is 4.39. The van der Waals surface area contributed by atoms with Gasteiger partial charge < -0.3 is 10.3 Å². The maximum atomic E-state index is 4.39. The quantitative estimate of drug-likeness (QED) is 0.858. The van der Waals surface area contributed by atoms with Crippen molar-refractivity contribution >= 4 is 11.0 Å². The highest BCUT2D eigenvalue weighted by molar-refractivity contribution is 5.79. The van der Waals surface area contributed by atoms with Crippen molar-refractivity contribution in [3.05, 3.63) is 30.1 Å². The Balaban J connectivity index is 1.69. The van der Waals surface area contributed by atoms with E-state index in [9.17, 15) is 0 Å². The van der Waals surface area contributed by atoms with Gasteiger partial charge in [-0.05, 0) is 62.5 Å². The fourth-order valence-electron chi connectivity index (χ4n) is 3.38. The summed E-state index contributed by atoms with van der Waals surface area (Å²) < 4.78 is 0. The van der Waals surface area contributed by atoms with Crippen molar-refractivity contribution in [3.8, 4) is 0 Å². The summed E-state index contributed by atoms with van der Waals surface area (Å²) in [5.74, 6) is 0.800. The van der Waals surface area contributed by atoms with Crippen LogP contribution >= 0.6 is 0 Å². The minimum absolute atomic E-state index is 0.800. The van der Waals surface area contributed by atoms with E-state index in [4.69, 9.17) is 0 Å². The first kappa shape index (κ1) is 14.5. The first-order valence-electron chi connectivity index (χ1n) is 8.21. The number of pyridine rings is 1. The van der Waals surface area contributed by atoms with Crippen LogP contribution in [0.5, 0.6) is 0 Å². The average molecular weight is 286 g/mol. The average Bonchev–Trinajstić information content (AvgIpc) is 2.92. The fourth-order valence-corrected chi connectivity index (χ4v) is 3.38. The van der Waals surface area contributed by atoms with Crippen molar-refractivity contribution in [2.45, 2.75) is 32.7 Å². The summed E-state index contributed by atoms with van der Waals surface area (Å²) in [6.45, 7) is 8.03. The molecular weight excluding hydrogens is 260 g/mol. The fraction of sp³-hybridized carbons (Fsp3) is 0.588. The lowest BCUT2D eigenvalue weighted by Crippen LogP contribution is -2.38. The van der Waals surface area contributed by atoms with Crippen molar-refractivity contribution in [2.24, 2.45) is 5.92 Å². The van der Waals surface area contributed by atoms with Crippen molar-refractivity contribution in [1.82, 2.24) is 20.2 Å². The van der Waals surface area contributed by atoms with E-state index >= 15 is 0 Å². The number of fused-ring (bicyclic) bond motifs is 1. The molecular formula is C17H26N4. The number of hydrogen-bond donors (Lipinski definition) is 2. The monoisotopic (exact) mass is 286 g/mol. The van der Waals surface area contributed by atoms with Gasteiger partial charge in [-0.25, -0.2) is 4.98 Å². The standard InChI is InChI=1S/C17H26N4/c1-2-9-21(12-14-5-3-7-18-10-14)13-15-11-20-17-16(15)6-4-8-19-17/h4,6,8,11,14,18H,2-3,5,7,9-10,12-13H2,1H3,(H,19,20). The zero-order chi connectivity index (χ0) is 14.5. The lowest BCUT2D eigenvalue weighted by molar-refractivity contribution is 0.202. The molecule has 1 fully saturated rings. The van der Waals surface area contributed by atoms with Gasteiger partial charge in [0, 0.05) is 30.9 Å². The summed E-state index contributed by atoms with van der Waals surface area (Å²) in [5.41, 5.74) is 2.37. The summed E-state index contributed by atoms with van der Waals surface area (Å²) in [4.78, 5) is 10.3. The highest BCUT2D eigenvalue weighted by Gasteiger charge is 2.17. The molecule has 21 heavy (non-hydrogen) atoms. The number of nitrogens with one attached hydrogen (secondary N) is 2. The van der Waals surface area contributed by atoms with Gasteiger partial charge in [0.15, 0.2) is 0 Å². The molecule has 0 bridgehead atoms. The van der Waals surface area contributed by atoms with Crippen LogP contribution < -0.4 is 5.32 Å². The van der Waals surface area contributed by atoms with Gasteiger partial charge in [-0.1, -0.05) is 6.92 Å². The third kappa shape index (κ3) is 3.63. The largest absolute Gasteiger partial charge is 0.346 e. The van der Waals surface area contributed by atoms with E-state index in [-0.39, 0.29) is 0 Å². The molecule has 1 atom stereocenters. The van der Waals surface area contributed by atoms with Crippen LogP contribution in [0.25, 0.3) is 11.0 Å². The number of H-pyrrole nitrogens is 1. The molecule has 2 aromatic rings. The summed E-state index contributed by atoms with van der Waals surface area (Å²) >= 11 is 0. The van der Waals surface area contributed by atoms with Crippen LogP contribution in [0.15, 0.2) is 24.5 Å². The van der Waals surface area contributed by atoms with Gasteiger partial charge in [-0.2, -0.15) is 0 Å². The Morgan fingerprint density at radius 3 is 3.19 bits per heavy atom. The molecule has 4 nitrogen and oxygen atoms in total. The van der Waals surface area contributed by atoms with Gasteiger partial charge >= 0.3 is 0 Å². The summed E-state index contributed by atoms with van der Waals surface area (Å²) in [7, 11) is 0. The van der Waals surface area contributed by atoms with Crippen LogP contribution in [0, 0.1) is 5.92 Å². The molecule has 114 valence electrons. The molecule has 1 saturated heterocycles. The van der Waals surface area contributed by atoms with E-state index in [0.717, 1.165) is 18.1 Å². The second-order valence-corrected chi connectivity index (χ2v) is 6.16. The number of aromatic amines is 1. The van der Waals surface area contributed by atoms with Gasteiger partial charge in [0.1, 0.15) is 5.65 Å². The number of aromatic nitrogens is 2. The molecule has 4 heteroatoms. The van der Waals surface area contributed by atoms with Crippen LogP contribution in [0.4, 0.5) is 0 Å². The van der Waals surface area contributed by atoms with Crippen molar-refractivity contribution in [3.63, 3.8) is 0 Å². The molecule has 0 saturated carbocycles. The van der Waals surface area contributed by atoms with E-state index < -0.39 is 0 Å². The van der Waals surface area contributed by atoms with Crippen LogP contribution in [-0.2, 0) is 6.54 Å².